The molecule has 0 aromatic rings. The second-order valence-electron chi connectivity index (χ2n) is 14.3. The van der Waals surface area contributed by atoms with Crippen molar-refractivity contribution >= 4 is 25.7 Å². The third-order valence-electron chi connectivity index (χ3n) is 8.71. The predicted molar refractivity (Wildman–Crippen MR) is 236 cm³/mol. The number of unbranched alkanes of at least 4 members (excludes halogenated alkanes) is 11. The number of aliphatic hydroxyl groups excluding tert-OH is 1. The molecule has 0 aromatic heterocycles. The lowest BCUT2D eigenvalue weighted by Gasteiger charge is -2.20. The number of phosphoric ester groups is 1. The molecule has 0 saturated carbocycles. The van der Waals surface area contributed by atoms with E-state index in [-0.39, 0.29) is 12.8 Å². The maximum absolute atomic E-state index is 12.6. The van der Waals surface area contributed by atoms with Crippen LogP contribution in [0.1, 0.15) is 149 Å². The Morgan fingerprint density at radius 1 is 0.627 bits per heavy atom. The molecule has 5 N–H and O–H groups in total. The molecule has 0 radical (unpaired) electrons. The summed E-state index contributed by atoms with van der Waals surface area (Å²) in [7, 11) is -4.75. The molecule has 4 atom stereocenters. The first kappa shape index (κ1) is 55.6. The van der Waals surface area contributed by atoms with Crippen molar-refractivity contribution in [3.63, 3.8) is 0 Å². The molecule has 0 fully saturated rings. The normalized spacial score (nSPS) is 15.1. The van der Waals surface area contributed by atoms with Gasteiger partial charge in [-0.25, -0.2) is 4.57 Å². The Balaban J connectivity index is 4.55. The number of ether oxygens (including phenoxy) is 2. The molecular formula is C46H76NO11P. The van der Waals surface area contributed by atoms with E-state index in [1.54, 1.807) is 6.08 Å². The van der Waals surface area contributed by atoms with Gasteiger partial charge in [0.15, 0.2) is 6.10 Å². The van der Waals surface area contributed by atoms with Crippen LogP contribution in [0.5, 0.6) is 0 Å². The minimum Gasteiger partial charge on any atom is -0.480 e. The number of carboxylic acid groups (broad SMARTS) is 1. The molecule has 12 nitrogen and oxygen atoms in total. The van der Waals surface area contributed by atoms with Crippen LogP contribution in [0.4, 0.5) is 0 Å². The fourth-order valence-corrected chi connectivity index (χ4v) is 6.05. The van der Waals surface area contributed by atoms with Crippen LogP contribution >= 0.6 is 7.82 Å². The minimum atomic E-state index is -4.75. The van der Waals surface area contributed by atoms with Crippen molar-refractivity contribution in [1.82, 2.24) is 0 Å². The van der Waals surface area contributed by atoms with E-state index >= 15 is 0 Å². The summed E-state index contributed by atoms with van der Waals surface area (Å²) in [6, 6.07) is -1.54. The lowest BCUT2D eigenvalue weighted by atomic mass is 10.1. The Labute approximate surface area is 355 Å². The standard InChI is InChI=1S/C46H76NO11P/c1-3-5-7-9-11-12-13-14-15-16-17-18-19-20-25-29-33-37-45(50)58-42(39-56-59(53,54)57-40-43(47)46(51)52)38-55-44(49)36-32-28-24-22-21-23-27-31-35-41(48)34-30-26-10-8-6-4-2/h6,8,11-12,14-15,22-24,26-27,30-31,35,41-43,48H,3-5,7,9-10,13,16-21,25,28-29,32-34,36-40,47H2,1-2H3,(H,51,52)(H,53,54)/b8-6-,12-11-,15-14-,24-22-,27-23-,30-26-,35-31+/t41?,42-,43+/m1/s1. The highest BCUT2D eigenvalue weighted by atomic mass is 31.2. The van der Waals surface area contributed by atoms with Crippen LogP contribution in [-0.2, 0) is 37.5 Å². The zero-order chi connectivity index (χ0) is 43.7. The predicted octanol–water partition coefficient (Wildman–Crippen LogP) is 10.5. The third kappa shape index (κ3) is 39.8. The number of nitrogens with two attached hydrogens (primary N) is 1. The summed E-state index contributed by atoms with van der Waals surface area (Å²) in [6.07, 6.45) is 45.4. The van der Waals surface area contributed by atoms with Gasteiger partial charge in [-0.15, -0.1) is 0 Å². The van der Waals surface area contributed by atoms with E-state index < -0.39 is 63.8 Å². The van der Waals surface area contributed by atoms with Crippen molar-refractivity contribution in [2.75, 3.05) is 19.8 Å². The Morgan fingerprint density at radius 3 is 1.81 bits per heavy atom. The summed E-state index contributed by atoms with van der Waals surface area (Å²) in [5.41, 5.74) is 5.32. The molecule has 0 aliphatic carbocycles. The number of aliphatic carboxylic acids is 1. The number of carbonyl (C=O) groups excluding carboxylic acids is 2. The molecule has 0 heterocycles. The molecule has 0 aliphatic rings. The van der Waals surface area contributed by atoms with Crippen molar-refractivity contribution < 1.29 is 52.6 Å². The zero-order valence-electron chi connectivity index (χ0n) is 35.9. The van der Waals surface area contributed by atoms with Crippen LogP contribution in [0, 0.1) is 0 Å². The van der Waals surface area contributed by atoms with E-state index in [2.05, 4.69) is 54.8 Å². The van der Waals surface area contributed by atoms with Crippen LogP contribution < -0.4 is 5.73 Å². The van der Waals surface area contributed by atoms with Gasteiger partial charge in [-0.2, -0.15) is 0 Å². The van der Waals surface area contributed by atoms with E-state index in [4.69, 9.17) is 24.8 Å². The fourth-order valence-electron chi connectivity index (χ4n) is 5.27. The molecule has 2 unspecified atom stereocenters. The van der Waals surface area contributed by atoms with E-state index in [1.807, 2.05) is 42.5 Å². The van der Waals surface area contributed by atoms with Gasteiger partial charge in [0.05, 0.1) is 19.3 Å². The summed E-state index contributed by atoms with van der Waals surface area (Å²) in [4.78, 5) is 46.0. The van der Waals surface area contributed by atoms with Crippen molar-refractivity contribution in [3.05, 3.63) is 85.1 Å². The van der Waals surface area contributed by atoms with Crippen LogP contribution in [0.25, 0.3) is 0 Å². The van der Waals surface area contributed by atoms with E-state index in [0.717, 1.165) is 64.2 Å². The minimum absolute atomic E-state index is 0.105. The van der Waals surface area contributed by atoms with Crippen molar-refractivity contribution in [2.45, 2.75) is 167 Å². The molecule has 0 aromatic carbocycles. The van der Waals surface area contributed by atoms with Gasteiger partial charge >= 0.3 is 25.7 Å². The first-order chi connectivity index (χ1) is 28.5. The maximum Gasteiger partial charge on any atom is 0.472 e. The summed E-state index contributed by atoms with van der Waals surface area (Å²) in [6.45, 7) is 2.50. The Hall–Kier alpha value is -3.38. The largest absolute Gasteiger partial charge is 0.480 e. The van der Waals surface area contributed by atoms with Crippen molar-refractivity contribution in [3.8, 4) is 0 Å². The number of hydrogen-bond donors (Lipinski definition) is 4. The molecule has 0 bridgehead atoms. The van der Waals surface area contributed by atoms with Gasteiger partial charge < -0.3 is 30.3 Å². The van der Waals surface area contributed by atoms with Gasteiger partial charge in [0.2, 0.25) is 0 Å². The number of allylic oxidation sites excluding steroid dienone is 12. The summed E-state index contributed by atoms with van der Waals surface area (Å²) in [5, 5.41) is 18.9. The molecule has 0 rings (SSSR count). The van der Waals surface area contributed by atoms with Gasteiger partial charge in [0.1, 0.15) is 12.6 Å². The molecule has 0 aliphatic heterocycles. The number of phosphoric acid groups is 1. The molecule has 0 amide bonds. The fraction of sp³-hybridized carbons (Fsp3) is 0.630. The molecule has 0 saturated heterocycles. The van der Waals surface area contributed by atoms with Crippen LogP contribution in [0.3, 0.4) is 0 Å². The highest BCUT2D eigenvalue weighted by molar-refractivity contribution is 7.47. The summed E-state index contributed by atoms with van der Waals surface area (Å²) in [5.74, 6) is -2.52. The van der Waals surface area contributed by atoms with Gasteiger partial charge in [-0.3, -0.25) is 23.4 Å². The SMILES string of the molecule is CC/C=C\C/C=C\CC(O)/C=C/C=C\C/C=C\CCCC(=O)OC[C@H](COP(=O)(O)OC[C@H](N)C(=O)O)OC(=O)CCCCCCCCC/C=C\C/C=C\CCCCC. The van der Waals surface area contributed by atoms with Gasteiger partial charge in [0, 0.05) is 12.8 Å². The number of carboxylic acids is 1. The van der Waals surface area contributed by atoms with Crippen molar-refractivity contribution in [1.29, 1.82) is 0 Å². The Morgan fingerprint density at radius 2 is 1.17 bits per heavy atom. The molecular weight excluding hydrogens is 773 g/mol. The quantitative estimate of drug-likeness (QED) is 0.0151. The van der Waals surface area contributed by atoms with Gasteiger partial charge in [-0.1, -0.05) is 144 Å². The van der Waals surface area contributed by atoms with E-state index in [0.29, 0.717) is 32.1 Å². The monoisotopic (exact) mass is 850 g/mol. The second-order valence-corrected chi connectivity index (χ2v) is 15.7. The first-order valence-corrected chi connectivity index (χ1v) is 23.2. The Bertz CT molecular complexity index is 1340. The molecule has 13 heteroatoms. The summed E-state index contributed by atoms with van der Waals surface area (Å²) >= 11 is 0. The number of rotatable bonds is 39. The third-order valence-corrected chi connectivity index (χ3v) is 9.66. The zero-order valence-corrected chi connectivity index (χ0v) is 36.8. The van der Waals surface area contributed by atoms with Crippen LogP contribution in [-0.4, -0.2) is 71.1 Å². The van der Waals surface area contributed by atoms with Crippen LogP contribution in [0.15, 0.2) is 85.1 Å². The van der Waals surface area contributed by atoms with Crippen molar-refractivity contribution in [2.24, 2.45) is 5.73 Å². The van der Waals surface area contributed by atoms with Gasteiger partial charge in [0.25, 0.3) is 0 Å². The number of hydrogen-bond acceptors (Lipinski definition) is 10. The topological polar surface area (TPSA) is 192 Å². The number of aliphatic hydroxyl groups is 1. The molecule has 59 heavy (non-hydrogen) atoms. The highest BCUT2D eigenvalue weighted by Gasteiger charge is 2.28. The Kier molecular flexibility index (Phi) is 37.8. The van der Waals surface area contributed by atoms with Gasteiger partial charge in [-0.05, 0) is 77.0 Å². The summed E-state index contributed by atoms with van der Waals surface area (Å²) < 4.78 is 32.6. The number of esters is 2. The maximum atomic E-state index is 12.6. The number of carbonyl (C=O) groups is 3. The smallest absolute Gasteiger partial charge is 0.472 e. The highest BCUT2D eigenvalue weighted by Crippen LogP contribution is 2.43. The van der Waals surface area contributed by atoms with Crippen LogP contribution in [0.2, 0.25) is 0 Å². The first-order valence-electron chi connectivity index (χ1n) is 21.7. The molecule has 336 valence electrons. The lowest BCUT2D eigenvalue weighted by Crippen LogP contribution is -2.34. The van der Waals surface area contributed by atoms with E-state index in [1.165, 1.54) is 25.7 Å². The average Bonchev–Trinajstić information content (AvgIpc) is 3.21. The average molecular weight is 850 g/mol. The molecule has 0 spiro atoms. The second kappa shape index (κ2) is 40.0. The lowest BCUT2D eigenvalue weighted by molar-refractivity contribution is -0.161. The van der Waals surface area contributed by atoms with E-state index in [9.17, 15) is 28.9 Å².